The van der Waals surface area contributed by atoms with E-state index in [2.05, 4.69) is 170 Å². The van der Waals surface area contributed by atoms with Crippen LogP contribution in [0, 0.1) is 0 Å². The molecule has 55 heavy (non-hydrogen) atoms. The van der Waals surface area contributed by atoms with Crippen LogP contribution in [-0.4, -0.2) is 11.6 Å². The number of hydrogen-bond acceptors (Lipinski definition) is 2. The minimum Gasteiger partial charge on any atom is -0.377 e. The highest BCUT2D eigenvalue weighted by Crippen LogP contribution is 2.53. The molecule has 2 heteroatoms. The average molecular weight is 718 g/mol. The van der Waals surface area contributed by atoms with Gasteiger partial charge in [0, 0.05) is 29.3 Å². The normalized spacial score (nSPS) is 15.6. The first-order chi connectivity index (χ1) is 26.4. The van der Waals surface area contributed by atoms with Gasteiger partial charge in [-0.3, -0.25) is 4.98 Å². The van der Waals surface area contributed by atoms with Gasteiger partial charge in [0.2, 0.25) is 0 Å². The maximum absolute atomic E-state index is 6.85. The summed E-state index contributed by atoms with van der Waals surface area (Å²) >= 11 is 0. The second-order valence-corrected chi connectivity index (χ2v) is 17.9. The second-order valence-electron chi connectivity index (χ2n) is 17.9. The first-order valence-corrected chi connectivity index (χ1v) is 20.0. The molecule has 2 nitrogen and oxygen atoms in total. The summed E-state index contributed by atoms with van der Waals surface area (Å²) in [4.78, 5) is 4.87. The lowest BCUT2D eigenvalue weighted by Gasteiger charge is -2.31. The fraction of sp³-hybridized carbons (Fsp3) is 0.264. The number of fused-ring (bicyclic) bond motifs is 3. The summed E-state index contributed by atoms with van der Waals surface area (Å²) in [5, 5.41) is 8.00. The van der Waals surface area contributed by atoms with Crippen LogP contribution < -0.4 is 0 Å². The van der Waals surface area contributed by atoms with Crippen LogP contribution in [0.5, 0.6) is 0 Å². The molecule has 1 atom stereocenters. The zero-order chi connectivity index (χ0) is 38.1. The Morgan fingerprint density at radius 1 is 0.564 bits per heavy atom. The molecule has 0 radical (unpaired) electrons. The number of nitrogens with zero attached hydrogens (tertiary/aromatic N) is 1. The van der Waals surface area contributed by atoms with E-state index in [4.69, 9.17) is 9.72 Å². The summed E-state index contributed by atoms with van der Waals surface area (Å²) in [6.07, 6.45) is 3.93. The molecule has 0 saturated carbocycles. The summed E-state index contributed by atoms with van der Waals surface area (Å²) in [6, 6.07) is 47.5. The Kier molecular flexibility index (Phi) is 8.48. The molecule has 0 aliphatic heterocycles. The van der Waals surface area contributed by atoms with Crippen molar-refractivity contribution in [2.24, 2.45) is 0 Å². The van der Waals surface area contributed by atoms with E-state index in [1.165, 1.54) is 76.8 Å². The fourth-order valence-electron chi connectivity index (χ4n) is 9.22. The van der Waals surface area contributed by atoms with Crippen LogP contribution in [0.15, 0.2) is 134 Å². The summed E-state index contributed by atoms with van der Waals surface area (Å²) in [5.74, 6) is 0. The van der Waals surface area contributed by atoms with E-state index >= 15 is 0 Å². The van der Waals surface area contributed by atoms with Gasteiger partial charge < -0.3 is 4.74 Å². The Morgan fingerprint density at radius 2 is 1.22 bits per heavy atom. The van der Waals surface area contributed by atoms with Crippen LogP contribution in [0.4, 0.5) is 0 Å². The van der Waals surface area contributed by atoms with Crippen molar-refractivity contribution in [3.8, 4) is 33.5 Å². The summed E-state index contributed by atoms with van der Waals surface area (Å²) in [7, 11) is 0. The van der Waals surface area contributed by atoms with Crippen molar-refractivity contribution < 1.29 is 4.74 Å². The van der Waals surface area contributed by atoms with E-state index in [-0.39, 0.29) is 16.2 Å². The maximum Gasteiger partial charge on any atom is 0.0723 e. The van der Waals surface area contributed by atoms with Crippen molar-refractivity contribution >= 4 is 32.3 Å². The Bertz CT molecular complexity index is 2690. The molecule has 0 fully saturated rings. The highest BCUT2D eigenvalue weighted by Gasteiger charge is 2.41. The monoisotopic (exact) mass is 717 g/mol. The quantitative estimate of drug-likeness (QED) is 0.115. The Labute approximate surface area is 326 Å². The van der Waals surface area contributed by atoms with Crippen molar-refractivity contribution in [1.82, 2.24) is 4.98 Å². The molecule has 9 rings (SSSR count). The molecule has 0 amide bonds. The highest BCUT2D eigenvalue weighted by molar-refractivity contribution is 6.24. The first kappa shape index (κ1) is 35.4. The van der Waals surface area contributed by atoms with Crippen molar-refractivity contribution in [3.05, 3.63) is 161 Å². The molecule has 1 aliphatic carbocycles. The molecular weight excluding hydrogens is 667 g/mol. The van der Waals surface area contributed by atoms with E-state index in [0.29, 0.717) is 13.2 Å². The summed E-state index contributed by atoms with van der Waals surface area (Å²) in [6.45, 7) is 17.5. The largest absolute Gasteiger partial charge is 0.377 e. The molecule has 0 N–H and O–H groups in total. The third-order valence-electron chi connectivity index (χ3n) is 12.4. The summed E-state index contributed by atoms with van der Waals surface area (Å²) in [5.41, 5.74) is 13.9. The number of aromatic nitrogens is 1. The van der Waals surface area contributed by atoms with Crippen LogP contribution in [0.25, 0.3) is 65.8 Å². The highest BCUT2D eigenvalue weighted by atomic mass is 16.5. The van der Waals surface area contributed by atoms with Gasteiger partial charge in [0.1, 0.15) is 0 Å². The maximum atomic E-state index is 6.85. The average Bonchev–Trinajstić information content (AvgIpc) is 3.47. The standard InChI is InChI=1S/C53H51NO/c1-8-53(46-17-13-12-16-43(46)44-22-20-35(30-47(44)53)38-21-23-48(54-32-38)34-14-10-9-11-15-34)24-25-55-33-40-26-39-29-41(51(2,3)4)27-36-18-19-37-28-42(52(5,6)7)31-45(40)50(37)49(36)39/h9-23,26-32H,8,24-25,33H2,1-7H3. The molecule has 8 aromatic rings. The molecule has 0 bridgehead atoms. The molecule has 0 spiro atoms. The topological polar surface area (TPSA) is 22.1 Å². The van der Waals surface area contributed by atoms with Gasteiger partial charge in [-0.15, -0.1) is 0 Å². The van der Waals surface area contributed by atoms with Gasteiger partial charge in [0.05, 0.1) is 12.3 Å². The minimum atomic E-state index is -0.139. The van der Waals surface area contributed by atoms with Gasteiger partial charge in [-0.25, -0.2) is 0 Å². The van der Waals surface area contributed by atoms with Crippen LogP contribution in [-0.2, 0) is 27.6 Å². The van der Waals surface area contributed by atoms with E-state index in [9.17, 15) is 0 Å². The third kappa shape index (κ3) is 6.03. The lowest BCUT2D eigenvalue weighted by molar-refractivity contribution is 0.106. The van der Waals surface area contributed by atoms with Crippen molar-refractivity contribution in [2.45, 2.75) is 84.2 Å². The molecule has 1 aliphatic rings. The number of benzene rings is 7. The molecule has 1 aromatic heterocycles. The van der Waals surface area contributed by atoms with Crippen LogP contribution in [0.1, 0.15) is 89.1 Å². The van der Waals surface area contributed by atoms with Crippen molar-refractivity contribution in [3.63, 3.8) is 0 Å². The van der Waals surface area contributed by atoms with Crippen LogP contribution in [0.2, 0.25) is 0 Å². The minimum absolute atomic E-state index is 0.0393. The van der Waals surface area contributed by atoms with Crippen molar-refractivity contribution in [2.75, 3.05) is 6.61 Å². The molecule has 1 heterocycles. The molecule has 1 unspecified atom stereocenters. The lowest BCUT2D eigenvalue weighted by atomic mass is 9.73. The van der Waals surface area contributed by atoms with E-state index in [0.717, 1.165) is 29.7 Å². The van der Waals surface area contributed by atoms with Gasteiger partial charge in [-0.1, -0.05) is 158 Å². The fourth-order valence-corrected chi connectivity index (χ4v) is 9.22. The van der Waals surface area contributed by atoms with Crippen molar-refractivity contribution in [1.29, 1.82) is 0 Å². The SMILES string of the molecule is CCC1(CCOCc2cc3cc(C(C)(C)C)cc4ccc5cc(C(C)(C)C)cc2c5c43)c2ccccc2-c2ccc(-c3ccc(-c4ccccc4)nc3)cc21. The zero-order valence-corrected chi connectivity index (χ0v) is 33.4. The number of hydrogen-bond donors (Lipinski definition) is 0. The van der Waals surface area contributed by atoms with E-state index in [1.54, 1.807) is 0 Å². The van der Waals surface area contributed by atoms with Crippen LogP contribution >= 0.6 is 0 Å². The van der Waals surface area contributed by atoms with Crippen LogP contribution in [0.3, 0.4) is 0 Å². The molecular formula is C53H51NO. The Morgan fingerprint density at radius 3 is 1.93 bits per heavy atom. The molecule has 7 aromatic carbocycles. The van der Waals surface area contributed by atoms with Gasteiger partial charge in [-0.2, -0.15) is 0 Å². The van der Waals surface area contributed by atoms with E-state index in [1.807, 2.05) is 12.3 Å². The smallest absolute Gasteiger partial charge is 0.0723 e. The number of pyridine rings is 1. The Hall–Kier alpha value is -5.31. The molecule has 0 saturated heterocycles. The predicted octanol–water partition coefficient (Wildman–Crippen LogP) is 14.2. The second kappa shape index (κ2) is 13.2. The predicted molar refractivity (Wildman–Crippen MR) is 233 cm³/mol. The Balaban J connectivity index is 1.06. The lowest BCUT2D eigenvalue weighted by Crippen LogP contribution is -2.26. The van der Waals surface area contributed by atoms with Gasteiger partial charge in [-0.05, 0) is 119 Å². The number of ether oxygens (including phenoxy) is 1. The zero-order valence-electron chi connectivity index (χ0n) is 33.4. The summed E-state index contributed by atoms with van der Waals surface area (Å²) < 4.78 is 6.85. The van der Waals surface area contributed by atoms with Gasteiger partial charge in [0.15, 0.2) is 0 Å². The third-order valence-corrected chi connectivity index (χ3v) is 12.4. The van der Waals surface area contributed by atoms with Gasteiger partial charge >= 0.3 is 0 Å². The molecule has 274 valence electrons. The van der Waals surface area contributed by atoms with Gasteiger partial charge in [0.25, 0.3) is 0 Å². The first-order valence-electron chi connectivity index (χ1n) is 20.0. The number of rotatable bonds is 8. The van der Waals surface area contributed by atoms with E-state index < -0.39 is 0 Å².